The van der Waals surface area contributed by atoms with Crippen LogP contribution in [0.1, 0.15) is 38.7 Å². The molecule has 16 heavy (non-hydrogen) atoms. The van der Waals surface area contributed by atoms with Gasteiger partial charge in [-0.25, -0.2) is 0 Å². The van der Waals surface area contributed by atoms with Crippen LogP contribution in [0.5, 0.6) is 0 Å². The van der Waals surface area contributed by atoms with Crippen LogP contribution in [0.15, 0.2) is 24.3 Å². The van der Waals surface area contributed by atoms with Gasteiger partial charge in [-0.3, -0.25) is 4.79 Å². The Morgan fingerprint density at radius 3 is 2.56 bits per heavy atom. The molecule has 0 heterocycles. The average Bonchev–Trinajstić information content (AvgIpc) is 2.28. The van der Waals surface area contributed by atoms with Gasteiger partial charge in [-0.15, -0.1) is 0 Å². The lowest BCUT2D eigenvalue weighted by atomic mass is 9.97. The zero-order chi connectivity index (χ0) is 12.8. The molecule has 1 rings (SSSR count). The standard InChI is InChI=1S/C13H16O3/c1-3-12(8-14)13-6-4-11(5-7-13)9-16-10(2)15/h4-8,12H,3,9H2,1-2H3/t12-/m0/s1/i8T. The summed E-state index contributed by atoms with van der Waals surface area (Å²) in [6.45, 7) is 3.48. The first-order valence-electron chi connectivity index (χ1n) is 5.77. The summed E-state index contributed by atoms with van der Waals surface area (Å²) in [4.78, 5) is 21.7. The maximum Gasteiger partial charge on any atom is 0.302 e. The second-order valence-electron chi connectivity index (χ2n) is 3.60. The van der Waals surface area contributed by atoms with Crippen molar-refractivity contribution < 1.29 is 15.7 Å². The number of hydrogen-bond acceptors (Lipinski definition) is 3. The first kappa shape index (κ1) is 10.9. The molecular formula is C13H16O3. The van der Waals surface area contributed by atoms with Crippen LogP contribution in [0.3, 0.4) is 0 Å². The fraction of sp³-hybridized carbons (Fsp3) is 0.385. The number of hydrogen-bond donors (Lipinski definition) is 0. The summed E-state index contributed by atoms with van der Waals surface area (Å²) < 4.78 is 12.0. The third kappa shape index (κ3) is 3.50. The van der Waals surface area contributed by atoms with E-state index < -0.39 is 6.26 Å². The van der Waals surface area contributed by atoms with Crippen molar-refractivity contribution in [3.05, 3.63) is 35.4 Å². The van der Waals surface area contributed by atoms with Crippen LogP contribution in [-0.2, 0) is 20.9 Å². The van der Waals surface area contributed by atoms with E-state index >= 15 is 0 Å². The van der Waals surface area contributed by atoms with Gasteiger partial charge in [0.15, 0.2) is 0 Å². The first-order chi connectivity index (χ1) is 8.04. The van der Waals surface area contributed by atoms with E-state index in [1.807, 2.05) is 19.1 Å². The molecule has 0 fully saturated rings. The largest absolute Gasteiger partial charge is 0.461 e. The van der Waals surface area contributed by atoms with Gasteiger partial charge in [0.1, 0.15) is 14.2 Å². The zero-order valence-corrected chi connectivity index (χ0v) is 9.53. The van der Waals surface area contributed by atoms with Gasteiger partial charge in [-0.05, 0) is 17.5 Å². The summed E-state index contributed by atoms with van der Waals surface area (Å²) in [5, 5.41) is 0. The minimum atomic E-state index is -0.569. The number of carbonyl (C=O) groups is 2. The minimum Gasteiger partial charge on any atom is -0.461 e. The van der Waals surface area contributed by atoms with Gasteiger partial charge in [-0.1, -0.05) is 31.2 Å². The SMILES string of the molecule is [3H]C(=O)[C@H](CC)c1ccc(COC(C)=O)cc1. The fourth-order valence-electron chi connectivity index (χ4n) is 1.42. The molecule has 0 aromatic heterocycles. The Labute approximate surface area is 96.8 Å². The quantitative estimate of drug-likeness (QED) is 0.567. The second-order valence-corrected chi connectivity index (χ2v) is 3.60. The Bertz CT molecular complexity index is 398. The smallest absolute Gasteiger partial charge is 0.302 e. The Kier molecular flexibility index (Phi) is 4.11. The predicted molar refractivity (Wildman–Crippen MR) is 61.0 cm³/mol. The lowest BCUT2D eigenvalue weighted by Gasteiger charge is -2.08. The highest BCUT2D eigenvalue weighted by atomic mass is 16.5. The highest BCUT2D eigenvalue weighted by Gasteiger charge is 2.07. The number of carbonyl (C=O) groups excluding carboxylic acids is 2. The number of esters is 1. The molecule has 0 spiro atoms. The van der Waals surface area contributed by atoms with Crippen LogP contribution in [0.4, 0.5) is 0 Å². The van der Waals surface area contributed by atoms with Crippen molar-refractivity contribution in [3.8, 4) is 0 Å². The Morgan fingerprint density at radius 1 is 1.50 bits per heavy atom. The molecular weight excluding hydrogens is 204 g/mol. The van der Waals surface area contributed by atoms with E-state index in [-0.39, 0.29) is 18.5 Å². The molecule has 0 N–H and O–H groups in total. The highest BCUT2D eigenvalue weighted by molar-refractivity contribution is 5.66. The van der Waals surface area contributed by atoms with Gasteiger partial charge < -0.3 is 9.53 Å². The molecule has 3 heteroatoms. The number of benzene rings is 1. The van der Waals surface area contributed by atoms with E-state index in [0.29, 0.717) is 6.42 Å². The Balaban J connectivity index is 2.73. The van der Waals surface area contributed by atoms with Gasteiger partial charge >= 0.3 is 5.97 Å². The molecule has 0 aliphatic heterocycles. The second kappa shape index (κ2) is 6.05. The fourth-order valence-corrected chi connectivity index (χ4v) is 1.42. The molecule has 86 valence electrons. The van der Waals surface area contributed by atoms with Crippen molar-refractivity contribution in [1.82, 2.24) is 0 Å². The monoisotopic (exact) mass is 222 g/mol. The van der Waals surface area contributed by atoms with E-state index in [2.05, 4.69) is 0 Å². The summed E-state index contributed by atoms with van der Waals surface area (Å²) in [7, 11) is 0. The summed E-state index contributed by atoms with van der Waals surface area (Å²) in [5.41, 5.74) is 1.70. The van der Waals surface area contributed by atoms with E-state index in [1.54, 1.807) is 12.1 Å². The maximum absolute atomic E-state index is 11.1. The highest BCUT2D eigenvalue weighted by Crippen LogP contribution is 2.17. The lowest BCUT2D eigenvalue weighted by Crippen LogP contribution is -2.01. The molecule has 0 saturated heterocycles. The topological polar surface area (TPSA) is 43.4 Å². The van der Waals surface area contributed by atoms with Crippen LogP contribution >= 0.6 is 0 Å². The summed E-state index contributed by atoms with van der Waals surface area (Å²) >= 11 is 0. The number of aldehydes is 1. The normalized spacial score (nSPS) is 12.8. The van der Waals surface area contributed by atoms with Gasteiger partial charge in [0.25, 0.3) is 0 Å². The third-order valence-electron chi connectivity index (χ3n) is 2.37. The maximum atomic E-state index is 11.1. The van der Waals surface area contributed by atoms with E-state index in [1.165, 1.54) is 6.92 Å². The van der Waals surface area contributed by atoms with Crippen molar-refractivity contribution in [1.29, 1.82) is 0 Å². The van der Waals surface area contributed by atoms with Gasteiger partial charge in [0.05, 0.1) is 0 Å². The van der Waals surface area contributed by atoms with Gasteiger partial charge in [-0.2, -0.15) is 0 Å². The molecule has 0 aliphatic carbocycles. The third-order valence-corrected chi connectivity index (χ3v) is 2.37. The zero-order valence-electron chi connectivity index (χ0n) is 10.5. The molecule has 0 saturated carbocycles. The molecule has 0 bridgehead atoms. The van der Waals surface area contributed by atoms with Crippen molar-refractivity contribution in [2.24, 2.45) is 0 Å². The number of ether oxygens (including phenoxy) is 1. The van der Waals surface area contributed by atoms with Crippen molar-refractivity contribution >= 4 is 12.2 Å². The lowest BCUT2D eigenvalue weighted by molar-refractivity contribution is -0.142. The molecule has 1 aromatic carbocycles. The summed E-state index contributed by atoms with van der Waals surface area (Å²) in [5.74, 6) is -0.681. The van der Waals surface area contributed by atoms with Crippen molar-refractivity contribution in [2.75, 3.05) is 0 Å². The molecule has 0 unspecified atom stereocenters. The Hall–Kier alpha value is -1.64. The van der Waals surface area contributed by atoms with E-state index in [4.69, 9.17) is 6.11 Å². The van der Waals surface area contributed by atoms with E-state index in [0.717, 1.165) is 11.1 Å². The van der Waals surface area contributed by atoms with Gasteiger partial charge in [0.2, 0.25) is 0 Å². The van der Waals surface area contributed by atoms with Crippen LogP contribution in [0, 0.1) is 0 Å². The van der Waals surface area contributed by atoms with Gasteiger partial charge in [0, 0.05) is 12.8 Å². The van der Waals surface area contributed by atoms with E-state index in [9.17, 15) is 9.59 Å². The molecule has 0 amide bonds. The van der Waals surface area contributed by atoms with Crippen molar-refractivity contribution in [3.63, 3.8) is 0 Å². The first-order valence-corrected chi connectivity index (χ1v) is 5.27. The van der Waals surface area contributed by atoms with Crippen molar-refractivity contribution in [2.45, 2.75) is 32.8 Å². The molecule has 1 atom stereocenters. The van der Waals surface area contributed by atoms with Crippen LogP contribution in [0.2, 0.25) is 0 Å². The molecule has 0 aliphatic rings. The summed E-state index contributed by atoms with van der Waals surface area (Å²) in [6, 6.07) is 7.23. The molecule has 1 aromatic rings. The van der Waals surface area contributed by atoms with Crippen LogP contribution < -0.4 is 0 Å². The minimum absolute atomic E-state index is 0.237. The number of rotatable bonds is 5. The Morgan fingerprint density at radius 2 is 2.12 bits per heavy atom. The summed E-state index contributed by atoms with van der Waals surface area (Å²) in [6.07, 6.45) is 0.0475. The molecule has 3 nitrogen and oxygen atoms in total. The average molecular weight is 222 g/mol. The predicted octanol–water partition coefficient (Wildman–Crippen LogP) is 2.44. The van der Waals surface area contributed by atoms with Crippen LogP contribution in [0.25, 0.3) is 0 Å². The molecule has 0 radical (unpaired) electrons. The van der Waals surface area contributed by atoms with Crippen LogP contribution in [-0.4, -0.2) is 12.2 Å².